The SMILES string of the molecule is CC1=[N+]([O-])C2(CCCCC2)C[C@@H](C)c2ccccc21. The summed E-state index contributed by atoms with van der Waals surface area (Å²) in [5.74, 6) is 0.475. The number of rotatable bonds is 0. The monoisotopic (exact) mass is 257 g/mol. The number of nitrogens with zero attached hydrogens (tertiary/aromatic N) is 1. The van der Waals surface area contributed by atoms with E-state index in [1.807, 2.05) is 13.0 Å². The average Bonchev–Trinajstić information content (AvgIpc) is 2.52. The molecule has 0 amide bonds. The van der Waals surface area contributed by atoms with E-state index in [1.54, 1.807) is 0 Å². The first-order valence-corrected chi connectivity index (χ1v) is 7.54. The summed E-state index contributed by atoms with van der Waals surface area (Å²) in [6.07, 6.45) is 6.82. The van der Waals surface area contributed by atoms with Crippen LogP contribution < -0.4 is 0 Å². The maximum atomic E-state index is 12.9. The van der Waals surface area contributed by atoms with Crippen molar-refractivity contribution in [2.45, 2.75) is 63.8 Å². The van der Waals surface area contributed by atoms with Crippen LogP contribution in [0, 0.1) is 5.21 Å². The molecule has 0 saturated heterocycles. The fourth-order valence-corrected chi connectivity index (χ4v) is 4.10. The minimum absolute atomic E-state index is 0.138. The van der Waals surface area contributed by atoms with Crippen molar-refractivity contribution in [1.29, 1.82) is 0 Å². The number of hydroxylamine groups is 1. The van der Waals surface area contributed by atoms with Crippen molar-refractivity contribution in [3.8, 4) is 0 Å². The smallest absolute Gasteiger partial charge is 0.191 e. The van der Waals surface area contributed by atoms with Crippen LogP contribution in [-0.4, -0.2) is 16.0 Å². The Hall–Kier alpha value is -1.31. The highest BCUT2D eigenvalue weighted by molar-refractivity contribution is 5.97. The van der Waals surface area contributed by atoms with Crippen molar-refractivity contribution < 1.29 is 4.74 Å². The Kier molecular flexibility index (Phi) is 3.12. The zero-order valence-electron chi connectivity index (χ0n) is 12.0. The van der Waals surface area contributed by atoms with Gasteiger partial charge < -0.3 is 5.21 Å². The first-order chi connectivity index (χ1) is 9.14. The molecule has 0 aromatic heterocycles. The van der Waals surface area contributed by atoms with Gasteiger partial charge in [-0.1, -0.05) is 31.5 Å². The molecule has 19 heavy (non-hydrogen) atoms. The Balaban J connectivity index is 2.13. The molecule has 0 unspecified atom stereocenters. The molecular formula is C17H23NO. The summed E-state index contributed by atoms with van der Waals surface area (Å²) in [6.45, 7) is 4.28. The Morgan fingerprint density at radius 1 is 1.16 bits per heavy atom. The lowest BCUT2D eigenvalue weighted by Crippen LogP contribution is -2.43. The van der Waals surface area contributed by atoms with Crippen LogP contribution in [0.5, 0.6) is 0 Å². The minimum atomic E-state index is -0.138. The van der Waals surface area contributed by atoms with Gasteiger partial charge in [0, 0.05) is 31.7 Å². The van der Waals surface area contributed by atoms with Crippen molar-refractivity contribution in [1.82, 2.24) is 0 Å². The summed E-state index contributed by atoms with van der Waals surface area (Å²) >= 11 is 0. The predicted octanol–water partition coefficient (Wildman–Crippen LogP) is 4.22. The van der Waals surface area contributed by atoms with Crippen LogP contribution in [0.2, 0.25) is 0 Å². The van der Waals surface area contributed by atoms with Crippen LogP contribution in [0.15, 0.2) is 24.3 Å². The molecule has 1 aliphatic carbocycles. The molecule has 0 radical (unpaired) electrons. The zero-order valence-corrected chi connectivity index (χ0v) is 12.0. The third-order valence-electron chi connectivity index (χ3n) is 5.09. The number of hydrogen-bond donors (Lipinski definition) is 0. The summed E-state index contributed by atoms with van der Waals surface area (Å²) in [4.78, 5) is 0. The minimum Gasteiger partial charge on any atom is -0.623 e. The van der Waals surface area contributed by atoms with Crippen molar-refractivity contribution in [2.24, 2.45) is 0 Å². The fraction of sp³-hybridized carbons (Fsp3) is 0.588. The Labute approximate surface area is 115 Å². The molecule has 1 saturated carbocycles. The Morgan fingerprint density at radius 3 is 2.58 bits per heavy atom. The molecule has 1 heterocycles. The topological polar surface area (TPSA) is 26.1 Å². The summed E-state index contributed by atoms with van der Waals surface area (Å²) in [5.41, 5.74) is 3.29. The normalized spacial score (nSPS) is 26.1. The standard InChI is InChI=1S/C17H23NO/c1-13-12-17(10-6-3-7-11-17)18(19)14(2)16-9-5-4-8-15(13)16/h4-5,8-9,13H,3,6-7,10-12H2,1-2H3/t13-/m1/s1. The van der Waals surface area contributed by atoms with Gasteiger partial charge in [-0.05, 0) is 30.4 Å². The lowest BCUT2D eigenvalue weighted by Gasteiger charge is -2.36. The second-order valence-electron chi connectivity index (χ2n) is 6.36. The second kappa shape index (κ2) is 4.66. The highest BCUT2D eigenvalue weighted by atomic mass is 16.5. The highest BCUT2D eigenvalue weighted by Gasteiger charge is 2.44. The first kappa shape index (κ1) is 12.7. The molecule has 2 aliphatic rings. The van der Waals surface area contributed by atoms with E-state index in [2.05, 4.69) is 25.1 Å². The predicted molar refractivity (Wildman–Crippen MR) is 78.7 cm³/mol. The van der Waals surface area contributed by atoms with Crippen LogP contribution >= 0.6 is 0 Å². The molecule has 1 aliphatic heterocycles. The van der Waals surface area contributed by atoms with Gasteiger partial charge in [0.2, 0.25) is 0 Å². The number of benzene rings is 1. The van der Waals surface area contributed by atoms with Crippen molar-refractivity contribution in [2.75, 3.05) is 0 Å². The van der Waals surface area contributed by atoms with E-state index < -0.39 is 0 Å². The summed E-state index contributed by atoms with van der Waals surface area (Å²) in [6, 6.07) is 8.44. The van der Waals surface area contributed by atoms with E-state index in [0.717, 1.165) is 30.5 Å². The van der Waals surface area contributed by atoms with Gasteiger partial charge in [0.25, 0.3) is 0 Å². The lowest BCUT2D eigenvalue weighted by atomic mass is 9.75. The maximum absolute atomic E-state index is 12.9. The van der Waals surface area contributed by atoms with E-state index in [-0.39, 0.29) is 5.54 Å². The highest BCUT2D eigenvalue weighted by Crippen LogP contribution is 2.42. The van der Waals surface area contributed by atoms with E-state index in [0.29, 0.717) is 5.92 Å². The molecular weight excluding hydrogens is 234 g/mol. The second-order valence-corrected chi connectivity index (χ2v) is 6.36. The fourth-order valence-electron chi connectivity index (χ4n) is 4.10. The largest absolute Gasteiger partial charge is 0.623 e. The molecule has 0 N–H and O–H groups in total. The van der Waals surface area contributed by atoms with Gasteiger partial charge in [0.05, 0.1) is 0 Å². The molecule has 0 bridgehead atoms. The molecule has 1 aromatic rings. The summed E-state index contributed by atoms with van der Waals surface area (Å²) in [7, 11) is 0. The molecule has 2 nitrogen and oxygen atoms in total. The van der Waals surface area contributed by atoms with Gasteiger partial charge in [-0.15, -0.1) is 0 Å². The van der Waals surface area contributed by atoms with Gasteiger partial charge in [-0.25, -0.2) is 4.74 Å². The van der Waals surface area contributed by atoms with Crippen molar-refractivity contribution in [3.63, 3.8) is 0 Å². The first-order valence-electron chi connectivity index (χ1n) is 7.54. The van der Waals surface area contributed by atoms with Crippen molar-refractivity contribution in [3.05, 3.63) is 40.6 Å². The molecule has 1 atom stereocenters. The van der Waals surface area contributed by atoms with E-state index >= 15 is 0 Å². The number of hydrogen-bond acceptors (Lipinski definition) is 1. The lowest BCUT2D eigenvalue weighted by molar-refractivity contribution is -0.557. The van der Waals surface area contributed by atoms with Crippen molar-refractivity contribution >= 4 is 5.71 Å². The van der Waals surface area contributed by atoms with Crippen LogP contribution in [0.1, 0.15) is 69.4 Å². The van der Waals surface area contributed by atoms with Gasteiger partial charge in [0.1, 0.15) is 0 Å². The molecule has 3 rings (SSSR count). The number of fused-ring (bicyclic) bond motifs is 1. The maximum Gasteiger partial charge on any atom is 0.191 e. The molecule has 1 fully saturated rings. The third-order valence-corrected chi connectivity index (χ3v) is 5.09. The Bertz CT molecular complexity index is 512. The molecule has 102 valence electrons. The Morgan fingerprint density at radius 2 is 1.84 bits per heavy atom. The summed E-state index contributed by atoms with van der Waals surface area (Å²) in [5, 5.41) is 12.9. The van der Waals surface area contributed by atoms with Gasteiger partial charge >= 0.3 is 0 Å². The zero-order chi connectivity index (χ0) is 13.5. The third kappa shape index (κ3) is 1.98. The van der Waals surface area contributed by atoms with Gasteiger partial charge in [-0.3, -0.25) is 0 Å². The molecule has 1 spiro atoms. The average molecular weight is 257 g/mol. The quantitative estimate of drug-likeness (QED) is 0.505. The van der Waals surface area contributed by atoms with Gasteiger partial charge in [-0.2, -0.15) is 0 Å². The van der Waals surface area contributed by atoms with E-state index in [4.69, 9.17) is 0 Å². The van der Waals surface area contributed by atoms with Crippen LogP contribution in [0.25, 0.3) is 0 Å². The van der Waals surface area contributed by atoms with Gasteiger partial charge in [0.15, 0.2) is 11.3 Å². The van der Waals surface area contributed by atoms with E-state index in [1.165, 1.54) is 29.6 Å². The summed E-state index contributed by atoms with van der Waals surface area (Å²) < 4.78 is 1.37. The molecule has 1 aromatic carbocycles. The van der Waals surface area contributed by atoms with Crippen LogP contribution in [-0.2, 0) is 0 Å². The van der Waals surface area contributed by atoms with E-state index in [9.17, 15) is 5.21 Å². The molecule has 2 heteroatoms. The van der Waals surface area contributed by atoms with Crippen LogP contribution in [0.4, 0.5) is 0 Å². The van der Waals surface area contributed by atoms with Crippen LogP contribution in [0.3, 0.4) is 0 Å².